The Morgan fingerprint density at radius 3 is 2.89 bits per heavy atom. The molecule has 0 radical (unpaired) electrons. The van der Waals surface area contributed by atoms with E-state index in [2.05, 4.69) is 25.5 Å². The number of halogens is 1. The van der Waals surface area contributed by atoms with Crippen molar-refractivity contribution in [3.8, 4) is 22.9 Å². The number of ether oxygens (including phenoxy) is 1. The van der Waals surface area contributed by atoms with Crippen LogP contribution in [-0.2, 0) is 0 Å². The molecule has 36 heavy (non-hydrogen) atoms. The maximum Gasteiger partial charge on any atom is 0.270 e. The smallest absolute Gasteiger partial charge is 0.270 e. The molecule has 6 rings (SSSR count). The molecular formula is C23H21ClN10O2. The first-order valence-corrected chi connectivity index (χ1v) is 11.7. The Labute approximate surface area is 209 Å². The lowest BCUT2D eigenvalue weighted by molar-refractivity contribution is 0.0995. The molecule has 5 aromatic rings. The van der Waals surface area contributed by atoms with Crippen LogP contribution in [0.4, 0.5) is 5.82 Å². The Kier molecular flexibility index (Phi) is 5.38. The van der Waals surface area contributed by atoms with E-state index in [-0.39, 0.29) is 17.6 Å². The Balaban J connectivity index is 1.38. The summed E-state index contributed by atoms with van der Waals surface area (Å²) in [6.07, 6.45) is 5.08. The number of nitrogens with zero attached hydrogens (tertiary/aromatic N) is 7. The summed E-state index contributed by atoms with van der Waals surface area (Å²) in [5.74, 6) is 0.805. The maximum atomic E-state index is 12.1. The molecule has 1 atom stereocenters. The number of hydrogen-bond acceptors (Lipinski definition) is 9. The lowest BCUT2D eigenvalue weighted by atomic mass is 10.1. The van der Waals surface area contributed by atoms with Gasteiger partial charge in [0.25, 0.3) is 5.91 Å². The number of benzene rings is 1. The van der Waals surface area contributed by atoms with Crippen LogP contribution in [0.1, 0.15) is 29.4 Å². The van der Waals surface area contributed by atoms with Crippen molar-refractivity contribution in [1.29, 1.82) is 0 Å². The number of anilines is 1. The molecule has 1 fully saturated rings. The van der Waals surface area contributed by atoms with E-state index in [1.54, 1.807) is 45.7 Å². The summed E-state index contributed by atoms with van der Waals surface area (Å²) in [5, 5.41) is 12.6. The minimum atomic E-state index is -0.681. The number of nitrogen functional groups attached to an aromatic ring is 1. The first-order chi connectivity index (χ1) is 17.5. The standard InChI is InChI=1S/C23H21ClN10O2/c24-15-8-12(3-4-16(15)36-14-5-7-33-17(9-14)28-11-29-33)22-30-20(25)18-19(21(26)35)32-34(23(18)31-22)13-2-1-6-27-10-13/h3-5,7-9,11,13,27H,1-2,6,10H2,(H2,26,35)(H2,25,30,31). The zero-order chi connectivity index (χ0) is 24.8. The Bertz CT molecular complexity index is 1620. The lowest BCUT2D eigenvalue weighted by Gasteiger charge is -2.23. The fourth-order valence-corrected chi connectivity index (χ4v) is 4.59. The number of hydrogen-bond donors (Lipinski definition) is 3. The highest BCUT2D eigenvalue weighted by atomic mass is 35.5. The monoisotopic (exact) mass is 504 g/mol. The highest BCUT2D eigenvalue weighted by Crippen LogP contribution is 2.34. The molecule has 5 heterocycles. The van der Waals surface area contributed by atoms with Crippen LogP contribution in [0.5, 0.6) is 11.5 Å². The summed E-state index contributed by atoms with van der Waals surface area (Å²) in [6.45, 7) is 1.63. The molecule has 5 N–H and O–H groups in total. The van der Waals surface area contributed by atoms with Crippen molar-refractivity contribution in [3.63, 3.8) is 0 Å². The molecule has 1 saturated heterocycles. The summed E-state index contributed by atoms with van der Waals surface area (Å²) >= 11 is 6.55. The van der Waals surface area contributed by atoms with Gasteiger partial charge in [-0.25, -0.2) is 24.1 Å². The van der Waals surface area contributed by atoms with Crippen molar-refractivity contribution in [1.82, 2.24) is 39.7 Å². The summed E-state index contributed by atoms with van der Waals surface area (Å²) in [6, 6.07) is 8.75. The third-order valence-corrected chi connectivity index (χ3v) is 6.39. The van der Waals surface area contributed by atoms with Gasteiger partial charge in [-0.3, -0.25) is 4.79 Å². The van der Waals surface area contributed by atoms with E-state index in [0.717, 1.165) is 19.4 Å². The lowest BCUT2D eigenvalue weighted by Crippen LogP contribution is -2.32. The number of amides is 1. The molecule has 0 spiro atoms. The molecule has 1 aromatic carbocycles. The van der Waals surface area contributed by atoms with Crippen LogP contribution in [0.2, 0.25) is 5.02 Å². The Morgan fingerprint density at radius 1 is 1.22 bits per heavy atom. The molecule has 182 valence electrons. The molecular weight excluding hydrogens is 484 g/mol. The molecule has 13 heteroatoms. The van der Waals surface area contributed by atoms with E-state index < -0.39 is 5.91 Å². The fraction of sp³-hybridized carbons (Fsp3) is 0.217. The van der Waals surface area contributed by atoms with Gasteiger partial charge >= 0.3 is 0 Å². The van der Waals surface area contributed by atoms with Gasteiger partial charge in [0.05, 0.1) is 16.5 Å². The number of pyridine rings is 1. The summed E-state index contributed by atoms with van der Waals surface area (Å²) < 4.78 is 9.31. The zero-order valence-electron chi connectivity index (χ0n) is 18.9. The van der Waals surface area contributed by atoms with Crippen molar-refractivity contribution in [3.05, 3.63) is 53.6 Å². The average molecular weight is 505 g/mol. The van der Waals surface area contributed by atoms with E-state index in [0.29, 0.717) is 51.1 Å². The molecule has 1 amide bonds. The van der Waals surface area contributed by atoms with E-state index in [1.165, 1.54) is 6.33 Å². The summed E-state index contributed by atoms with van der Waals surface area (Å²) in [7, 11) is 0. The molecule has 0 saturated carbocycles. The molecule has 0 bridgehead atoms. The normalized spacial score (nSPS) is 16.0. The van der Waals surface area contributed by atoms with Gasteiger partial charge in [0.2, 0.25) is 0 Å². The maximum absolute atomic E-state index is 12.1. The van der Waals surface area contributed by atoms with Crippen molar-refractivity contribution in [2.45, 2.75) is 18.9 Å². The van der Waals surface area contributed by atoms with Gasteiger partial charge < -0.3 is 21.5 Å². The van der Waals surface area contributed by atoms with Crippen molar-refractivity contribution in [2.24, 2.45) is 5.73 Å². The van der Waals surface area contributed by atoms with E-state index in [9.17, 15) is 4.79 Å². The average Bonchev–Trinajstić information content (AvgIpc) is 3.50. The van der Waals surface area contributed by atoms with Crippen LogP contribution >= 0.6 is 11.6 Å². The van der Waals surface area contributed by atoms with Gasteiger partial charge in [0, 0.05) is 24.4 Å². The number of fused-ring (bicyclic) bond motifs is 2. The van der Waals surface area contributed by atoms with Gasteiger partial charge in [0.15, 0.2) is 22.8 Å². The minimum absolute atomic E-state index is 0.0125. The van der Waals surface area contributed by atoms with Crippen molar-refractivity contribution >= 4 is 40.0 Å². The zero-order valence-corrected chi connectivity index (χ0v) is 19.7. The number of piperidine rings is 1. The van der Waals surface area contributed by atoms with Gasteiger partial charge in [-0.15, -0.1) is 0 Å². The predicted octanol–water partition coefficient (Wildman–Crippen LogP) is 2.59. The second-order valence-electron chi connectivity index (χ2n) is 8.46. The molecule has 4 aromatic heterocycles. The second-order valence-corrected chi connectivity index (χ2v) is 8.87. The predicted molar refractivity (Wildman–Crippen MR) is 133 cm³/mol. The first-order valence-electron chi connectivity index (χ1n) is 11.3. The number of nitrogens with one attached hydrogen (secondary N) is 1. The van der Waals surface area contributed by atoms with Crippen LogP contribution in [-0.4, -0.2) is 53.3 Å². The van der Waals surface area contributed by atoms with Crippen LogP contribution in [0, 0.1) is 0 Å². The third kappa shape index (κ3) is 3.85. The molecule has 1 aliphatic heterocycles. The largest absolute Gasteiger partial charge is 0.456 e. The van der Waals surface area contributed by atoms with Crippen LogP contribution in [0.25, 0.3) is 28.1 Å². The number of nitrogens with two attached hydrogens (primary N) is 2. The van der Waals surface area contributed by atoms with E-state index in [1.807, 2.05) is 0 Å². The number of primary amides is 1. The number of rotatable bonds is 5. The molecule has 1 aliphatic rings. The van der Waals surface area contributed by atoms with Gasteiger partial charge in [-0.1, -0.05) is 11.6 Å². The van der Waals surface area contributed by atoms with Gasteiger partial charge in [0.1, 0.15) is 23.6 Å². The minimum Gasteiger partial charge on any atom is -0.456 e. The van der Waals surface area contributed by atoms with Gasteiger partial charge in [-0.05, 0) is 43.7 Å². The van der Waals surface area contributed by atoms with E-state index >= 15 is 0 Å². The summed E-state index contributed by atoms with van der Waals surface area (Å²) in [4.78, 5) is 25.4. The topological polar surface area (TPSA) is 164 Å². The quantitative estimate of drug-likeness (QED) is 0.326. The Hall–Kier alpha value is -4.29. The highest BCUT2D eigenvalue weighted by Gasteiger charge is 2.26. The number of aromatic nitrogens is 7. The van der Waals surface area contributed by atoms with Crippen molar-refractivity contribution < 1.29 is 9.53 Å². The fourth-order valence-electron chi connectivity index (χ4n) is 4.37. The van der Waals surface area contributed by atoms with Gasteiger partial charge in [-0.2, -0.15) is 10.2 Å². The third-order valence-electron chi connectivity index (χ3n) is 6.10. The second kappa shape index (κ2) is 8.73. The number of carbonyl (C=O) groups is 1. The SMILES string of the molecule is NC(=O)c1nn(C2CCCNC2)c2nc(-c3ccc(Oc4ccn5ncnc5c4)c(Cl)c3)nc(N)c12. The molecule has 0 aliphatic carbocycles. The van der Waals surface area contributed by atoms with Crippen LogP contribution in [0.15, 0.2) is 42.9 Å². The molecule has 1 unspecified atom stereocenters. The van der Waals surface area contributed by atoms with Crippen LogP contribution < -0.4 is 21.5 Å². The summed E-state index contributed by atoms with van der Waals surface area (Å²) in [5.41, 5.74) is 13.7. The van der Waals surface area contributed by atoms with Crippen LogP contribution in [0.3, 0.4) is 0 Å². The molecule has 12 nitrogen and oxygen atoms in total. The number of carbonyl (C=O) groups excluding carboxylic acids is 1. The Morgan fingerprint density at radius 2 is 2.11 bits per heavy atom. The van der Waals surface area contributed by atoms with E-state index in [4.69, 9.17) is 32.8 Å². The highest BCUT2D eigenvalue weighted by molar-refractivity contribution is 6.32. The van der Waals surface area contributed by atoms with Crippen molar-refractivity contribution in [2.75, 3.05) is 18.8 Å². The first kappa shape index (κ1) is 22.2.